The van der Waals surface area contributed by atoms with Gasteiger partial charge in [-0.15, -0.1) is 10.2 Å². The van der Waals surface area contributed by atoms with Crippen LogP contribution in [0.1, 0.15) is 42.3 Å². The minimum absolute atomic E-state index is 0.0679. The molecule has 0 unspecified atom stereocenters. The number of hydrogen-bond donors (Lipinski definition) is 2. The highest BCUT2D eigenvalue weighted by Gasteiger charge is 2.14. The van der Waals surface area contributed by atoms with E-state index < -0.39 is 0 Å². The topological polar surface area (TPSA) is 93.0 Å². The van der Waals surface area contributed by atoms with Crippen molar-refractivity contribution in [3.63, 3.8) is 0 Å². The average Bonchev–Trinajstić information content (AvgIpc) is 3.40. The summed E-state index contributed by atoms with van der Waals surface area (Å²) in [6.07, 6.45) is 3.19. The van der Waals surface area contributed by atoms with Gasteiger partial charge in [0.1, 0.15) is 5.75 Å². The monoisotopic (exact) mass is 404 g/mol. The number of aryl methyl sites for hydroxylation is 1. The van der Waals surface area contributed by atoms with Gasteiger partial charge in [0, 0.05) is 29.9 Å². The second-order valence-electron chi connectivity index (χ2n) is 7.19. The molecule has 1 amide bonds. The van der Waals surface area contributed by atoms with E-state index in [2.05, 4.69) is 26.6 Å². The Hall–Kier alpha value is -3.61. The maximum atomic E-state index is 12.3. The van der Waals surface area contributed by atoms with E-state index in [1.165, 1.54) is 0 Å². The van der Waals surface area contributed by atoms with E-state index in [9.17, 15) is 4.79 Å². The van der Waals surface area contributed by atoms with Gasteiger partial charge in [0.2, 0.25) is 17.7 Å². The number of nitrogens with one attached hydrogen (secondary N) is 2. The fourth-order valence-corrected chi connectivity index (χ4v) is 3.43. The van der Waals surface area contributed by atoms with Crippen LogP contribution in [0.3, 0.4) is 0 Å². The summed E-state index contributed by atoms with van der Waals surface area (Å²) in [4.78, 5) is 15.6. The van der Waals surface area contributed by atoms with Gasteiger partial charge < -0.3 is 19.5 Å². The molecule has 2 aromatic heterocycles. The molecule has 0 fully saturated rings. The zero-order chi connectivity index (χ0) is 20.9. The number of carbonyl (C=O) groups excluding carboxylic acids is 1. The highest BCUT2D eigenvalue weighted by molar-refractivity contribution is 5.83. The Kier molecular flexibility index (Phi) is 5.79. The lowest BCUT2D eigenvalue weighted by Crippen LogP contribution is -2.26. The molecule has 0 aliphatic rings. The molecule has 1 atom stereocenters. The number of fused-ring (bicyclic) bond motifs is 1. The summed E-state index contributed by atoms with van der Waals surface area (Å²) in [5.41, 5.74) is 3.17. The van der Waals surface area contributed by atoms with E-state index in [0.29, 0.717) is 24.6 Å². The molecule has 4 rings (SSSR count). The predicted octanol–water partition coefficient (Wildman–Crippen LogP) is 3.96. The van der Waals surface area contributed by atoms with Gasteiger partial charge >= 0.3 is 0 Å². The number of H-pyrrole nitrogens is 1. The van der Waals surface area contributed by atoms with Gasteiger partial charge in [-0.1, -0.05) is 30.3 Å². The maximum Gasteiger partial charge on any atom is 0.221 e. The molecule has 0 saturated carbocycles. The number of aromatic amines is 1. The molecular weight excluding hydrogens is 380 g/mol. The lowest BCUT2D eigenvalue weighted by molar-refractivity contribution is -0.121. The van der Waals surface area contributed by atoms with Gasteiger partial charge in [0.15, 0.2) is 0 Å². The maximum absolute atomic E-state index is 12.3. The zero-order valence-corrected chi connectivity index (χ0v) is 17.0. The summed E-state index contributed by atoms with van der Waals surface area (Å²) >= 11 is 0. The molecule has 2 heterocycles. The SMILES string of the molecule is COc1cccc([C@@H](C)NC(=O)CCc2nnc(Cc3c[nH]c4ccccc34)o2)c1. The number of aromatic nitrogens is 3. The Labute approximate surface area is 174 Å². The molecule has 0 radical (unpaired) electrons. The minimum Gasteiger partial charge on any atom is -0.497 e. The van der Waals surface area contributed by atoms with Gasteiger partial charge in [-0.05, 0) is 36.2 Å². The third-order valence-corrected chi connectivity index (χ3v) is 5.06. The number of carbonyl (C=O) groups is 1. The highest BCUT2D eigenvalue weighted by atomic mass is 16.5. The van der Waals surface area contributed by atoms with Gasteiger partial charge in [0.25, 0.3) is 0 Å². The fourth-order valence-electron chi connectivity index (χ4n) is 3.43. The third kappa shape index (κ3) is 4.51. The van der Waals surface area contributed by atoms with Crippen LogP contribution < -0.4 is 10.1 Å². The van der Waals surface area contributed by atoms with Crippen molar-refractivity contribution in [2.75, 3.05) is 7.11 Å². The minimum atomic E-state index is -0.118. The van der Waals surface area contributed by atoms with Gasteiger partial charge in [-0.2, -0.15) is 0 Å². The molecule has 7 nitrogen and oxygen atoms in total. The molecule has 4 aromatic rings. The Morgan fingerprint density at radius 1 is 1.17 bits per heavy atom. The number of ether oxygens (including phenoxy) is 1. The molecule has 0 spiro atoms. The Morgan fingerprint density at radius 3 is 2.87 bits per heavy atom. The van der Waals surface area contributed by atoms with Crippen LogP contribution in [0.15, 0.2) is 59.1 Å². The quantitative estimate of drug-likeness (QED) is 0.464. The number of benzene rings is 2. The molecule has 154 valence electrons. The van der Waals surface area contributed by atoms with E-state index in [1.54, 1.807) is 7.11 Å². The van der Waals surface area contributed by atoms with Gasteiger partial charge in [-0.25, -0.2) is 0 Å². The number of hydrogen-bond acceptors (Lipinski definition) is 5. The molecule has 7 heteroatoms. The van der Waals surface area contributed by atoms with Crippen molar-refractivity contribution in [2.45, 2.75) is 32.2 Å². The summed E-state index contributed by atoms with van der Waals surface area (Å²) in [6.45, 7) is 1.94. The molecule has 0 bridgehead atoms. The van der Waals surface area contributed by atoms with Crippen LogP contribution >= 0.6 is 0 Å². The molecule has 30 heavy (non-hydrogen) atoms. The number of rotatable bonds is 8. The molecule has 0 aliphatic heterocycles. The molecule has 0 aliphatic carbocycles. The first-order valence-corrected chi connectivity index (χ1v) is 9.92. The van der Waals surface area contributed by atoms with Crippen LogP contribution in [0, 0.1) is 0 Å². The number of para-hydroxylation sites is 1. The van der Waals surface area contributed by atoms with Crippen LogP contribution in [0.4, 0.5) is 0 Å². The van der Waals surface area contributed by atoms with E-state index >= 15 is 0 Å². The van der Waals surface area contributed by atoms with Crippen LogP contribution in [-0.4, -0.2) is 28.2 Å². The summed E-state index contributed by atoms with van der Waals surface area (Å²) in [5.74, 6) is 1.71. The predicted molar refractivity (Wildman–Crippen MR) is 113 cm³/mol. The second-order valence-corrected chi connectivity index (χ2v) is 7.19. The lowest BCUT2D eigenvalue weighted by Gasteiger charge is -2.14. The van der Waals surface area contributed by atoms with E-state index in [4.69, 9.17) is 9.15 Å². The molecular formula is C23H24N4O3. The zero-order valence-electron chi connectivity index (χ0n) is 17.0. The highest BCUT2D eigenvalue weighted by Crippen LogP contribution is 2.21. The first-order chi connectivity index (χ1) is 14.6. The van der Waals surface area contributed by atoms with E-state index in [-0.39, 0.29) is 18.4 Å². The standard InChI is InChI=1S/C23H24N4O3/c1-15(16-6-5-7-18(12-16)29-2)25-21(28)10-11-22-26-27-23(30-22)13-17-14-24-20-9-4-3-8-19(17)20/h3-9,12,14-15,24H,10-11,13H2,1-2H3,(H,25,28)/t15-/m1/s1. The van der Waals surface area contributed by atoms with Crippen molar-refractivity contribution in [3.8, 4) is 5.75 Å². The Bertz CT molecular complexity index is 1150. The van der Waals surface area contributed by atoms with Crippen molar-refractivity contribution in [2.24, 2.45) is 0 Å². The molecule has 2 N–H and O–H groups in total. The smallest absolute Gasteiger partial charge is 0.221 e. The van der Waals surface area contributed by atoms with Crippen molar-refractivity contribution >= 4 is 16.8 Å². The summed E-state index contributed by atoms with van der Waals surface area (Å²) < 4.78 is 11.0. The van der Waals surface area contributed by atoms with Crippen molar-refractivity contribution < 1.29 is 13.9 Å². The fraction of sp³-hybridized carbons (Fsp3) is 0.261. The van der Waals surface area contributed by atoms with E-state index in [0.717, 1.165) is 27.8 Å². The average molecular weight is 404 g/mol. The molecule has 0 saturated heterocycles. The Morgan fingerprint density at radius 2 is 2.00 bits per heavy atom. The van der Waals surface area contributed by atoms with Crippen molar-refractivity contribution in [1.29, 1.82) is 0 Å². The third-order valence-electron chi connectivity index (χ3n) is 5.06. The van der Waals surface area contributed by atoms with Crippen LogP contribution in [0.25, 0.3) is 10.9 Å². The molecule has 2 aromatic carbocycles. The van der Waals surface area contributed by atoms with Crippen LogP contribution in [0.2, 0.25) is 0 Å². The van der Waals surface area contributed by atoms with Crippen LogP contribution in [0.5, 0.6) is 5.75 Å². The second kappa shape index (κ2) is 8.82. The Balaban J connectivity index is 1.31. The first kappa shape index (κ1) is 19.7. The summed E-state index contributed by atoms with van der Waals surface area (Å²) in [5, 5.41) is 12.3. The number of methoxy groups -OCH3 is 1. The number of amides is 1. The number of nitrogens with zero attached hydrogens (tertiary/aromatic N) is 2. The lowest BCUT2D eigenvalue weighted by atomic mass is 10.1. The first-order valence-electron chi connectivity index (χ1n) is 9.92. The summed E-state index contributed by atoms with van der Waals surface area (Å²) in [7, 11) is 1.62. The van der Waals surface area contributed by atoms with Gasteiger partial charge in [0.05, 0.1) is 19.6 Å². The largest absolute Gasteiger partial charge is 0.497 e. The van der Waals surface area contributed by atoms with Gasteiger partial charge in [-0.3, -0.25) is 4.79 Å². The van der Waals surface area contributed by atoms with Crippen molar-refractivity contribution in [3.05, 3.63) is 77.6 Å². The summed E-state index contributed by atoms with van der Waals surface area (Å²) in [6, 6.07) is 15.6. The van der Waals surface area contributed by atoms with Crippen LogP contribution in [-0.2, 0) is 17.6 Å². The van der Waals surface area contributed by atoms with E-state index in [1.807, 2.05) is 55.6 Å². The normalized spacial score (nSPS) is 12.1. The van der Waals surface area contributed by atoms with Crippen molar-refractivity contribution in [1.82, 2.24) is 20.5 Å².